The van der Waals surface area contributed by atoms with Crippen LogP contribution in [0.25, 0.3) is 0 Å². The van der Waals surface area contributed by atoms with Crippen LogP contribution >= 0.6 is 22.6 Å². The molecule has 0 amide bonds. The highest BCUT2D eigenvalue weighted by Crippen LogP contribution is 2.55. The number of rotatable bonds is 8. The molecule has 1 aromatic carbocycles. The Hall–Kier alpha value is -2.36. The van der Waals surface area contributed by atoms with Crippen LogP contribution in [0.15, 0.2) is 34.7 Å². The van der Waals surface area contributed by atoms with Gasteiger partial charge in [-0.25, -0.2) is 0 Å². The summed E-state index contributed by atoms with van der Waals surface area (Å²) in [5.41, 5.74) is 3.29. The van der Waals surface area contributed by atoms with Gasteiger partial charge in [0.05, 0.1) is 23.2 Å². The van der Waals surface area contributed by atoms with Gasteiger partial charge in [-0.15, -0.1) is 0 Å². The average Bonchev–Trinajstić information content (AvgIpc) is 2.77. The Morgan fingerprint density at radius 3 is 1.95 bits per heavy atom. The second-order valence-corrected chi connectivity index (χ2v) is 13.2. The van der Waals surface area contributed by atoms with E-state index in [1.54, 1.807) is 0 Å². The maximum Gasteiger partial charge on any atom is 0.305 e. The lowest BCUT2D eigenvalue weighted by molar-refractivity contribution is -0.137. The number of allylic oxidation sites excluding steroid dienone is 4. The topological polar surface area (TPSA) is 93.1 Å². The standard InChI is InChI=1S/C30H38INO6/c1-7-37-23-12-17(11-18(31)28(23)38-8-2)25-26-19(13-29(3,4)15-21(26)33)32(10-9-24(35)36)20-14-30(5,6)16-22(34)27(20)25/h11-12,25H,7-10,13-16H2,1-6H3,(H,35,36). The SMILES string of the molecule is CCOc1cc(C2C3=C(CC(C)(C)CC3=O)N(CCC(=O)O)C3=C2C(=O)CC(C)(C)C3)cc(I)c1OCC. The fourth-order valence-electron chi connectivity index (χ4n) is 6.16. The van der Waals surface area contributed by atoms with Crippen molar-refractivity contribution < 1.29 is 29.0 Å². The maximum absolute atomic E-state index is 13.9. The Labute approximate surface area is 238 Å². The molecule has 0 unspecified atom stereocenters. The number of Topliss-reactive ketones (excluding diaryl/α,β-unsaturated/α-hetero) is 2. The van der Waals surface area contributed by atoms with Crippen LogP contribution in [-0.4, -0.2) is 47.3 Å². The molecule has 1 N–H and O–H groups in total. The number of halogens is 1. The summed E-state index contributed by atoms with van der Waals surface area (Å²) in [5.74, 6) is -0.118. The zero-order valence-corrected chi connectivity index (χ0v) is 25.4. The minimum absolute atomic E-state index is 0.0209. The lowest BCUT2D eigenvalue weighted by atomic mass is 9.63. The van der Waals surface area contributed by atoms with Crippen LogP contribution in [0, 0.1) is 14.4 Å². The molecule has 7 nitrogen and oxygen atoms in total. The maximum atomic E-state index is 13.9. The summed E-state index contributed by atoms with van der Waals surface area (Å²) in [5, 5.41) is 9.54. The third-order valence-corrected chi connectivity index (χ3v) is 8.33. The van der Waals surface area contributed by atoms with Gasteiger partial charge in [0.2, 0.25) is 0 Å². The summed E-state index contributed by atoms with van der Waals surface area (Å²) >= 11 is 2.23. The molecule has 0 fully saturated rings. The Bertz CT molecular complexity index is 1190. The van der Waals surface area contributed by atoms with Crippen LogP contribution in [0.2, 0.25) is 0 Å². The first kappa shape index (κ1) is 28.6. The molecule has 1 aliphatic heterocycles. The number of nitrogens with zero attached hydrogens (tertiary/aromatic N) is 1. The van der Waals surface area contributed by atoms with E-state index >= 15 is 0 Å². The number of aliphatic carboxylic acids is 1. The average molecular weight is 636 g/mol. The van der Waals surface area contributed by atoms with E-state index in [0.717, 1.165) is 20.5 Å². The first-order valence-electron chi connectivity index (χ1n) is 13.4. The summed E-state index contributed by atoms with van der Waals surface area (Å²) < 4.78 is 12.7. The molecular weight excluding hydrogens is 597 g/mol. The van der Waals surface area contributed by atoms with E-state index in [4.69, 9.17) is 9.47 Å². The Morgan fingerprint density at radius 2 is 1.47 bits per heavy atom. The van der Waals surface area contributed by atoms with E-state index in [-0.39, 0.29) is 35.4 Å². The molecule has 0 spiro atoms. The highest BCUT2D eigenvalue weighted by molar-refractivity contribution is 14.1. The summed E-state index contributed by atoms with van der Waals surface area (Å²) in [4.78, 5) is 41.4. The van der Waals surface area contributed by atoms with Crippen molar-refractivity contribution in [1.82, 2.24) is 4.90 Å². The molecule has 0 aromatic heterocycles. The second-order valence-electron chi connectivity index (χ2n) is 12.0. The fourth-order valence-corrected chi connectivity index (χ4v) is 6.94. The number of carboxylic acid groups (broad SMARTS) is 1. The van der Waals surface area contributed by atoms with E-state index in [9.17, 15) is 19.5 Å². The predicted octanol–water partition coefficient (Wildman–Crippen LogP) is 6.25. The first-order valence-corrected chi connectivity index (χ1v) is 14.5. The van der Waals surface area contributed by atoms with Crippen LogP contribution in [-0.2, 0) is 14.4 Å². The highest BCUT2D eigenvalue weighted by Gasteiger charge is 2.49. The van der Waals surface area contributed by atoms with Gasteiger partial charge >= 0.3 is 5.97 Å². The van der Waals surface area contributed by atoms with E-state index in [0.29, 0.717) is 61.5 Å². The summed E-state index contributed by atoms with van der Waals surface area (Å²) in [6, 6.07) is 3.92. The van der Waals surface area contributed by atoms with Crippen molar-refractivity contribution in [2.24, 2.45) is 10.8 Å². The van der Waals surface area contributed by atoms with Gasteiger partial charge in [0.1, 0.15) is 0 Å². The van der Waals surface area contributed by atoms with Gasteiger partial charge in [0, 0.05) is 47.8 Å². The molecule has 206 valence electrons. The van der Waals surface area contributed by atoms with Crippen LogP contribution in [0.1, 0.15) is 85.1 Å². The number of ether oxygens (including phenoxy) is 2. The minimum Gasteiger partial charge on any atom is -0.490 e. The molecule has 8 heteroatoms. The Balaban J connectivity index is 2.00. The molecular formula is C30H38INO6. The third kappa shape index (κ3) is 5.51. The van der Waals surface area contributed by atoms with E-state index < -0.39 is 11.9 Å². The zero-order chi connectivity index (χ0) is 28.0. The van der Waals surface area contributed by atoms with Crippen molar-refractivity contribution in [3.05, 3.63) is 43.8 Å². The number of carboxylic acids is 1. The largest absolute Gasteiger partial charge is 0.490 e. The number of carbonyl (C=O) groups is 3. The third-order valence-electron chi connectivity index (χ3n) is 7.52. The van der Waals surface area contributed by atoms with Crippen molar-refractivity contribution >= 4 is 40.1 Å². The van der Waals surface area contributed by atoms with Gasteiger partial charge < -0.3 is 19.5 Å². The summed E-state index contributed by atoms with van der Waals surface area (Å²) in [6.45, 7) is 13.3. The van der Waals surface area contributed by atoms with Gasteiger partial charge in [-0.2, -0.15) is 0 Å². The van der Waals surface area contributed by atoms with E-state index in [1.165, 1.54) is 0 Å². The molecule has 0 atom stereocenters. The highest BCUT2D eigenvalue weighted by atomic mass is 127. The van der Waals surface area contributed by atoms with Gasteiger partial charge in [0.25, 0.3) is 0 Å². The van der Waals surface area contributed by atoms with Crippen LogP contribution in [0.3, 0.4) is 0 Å². The van der Waals surface area contributed by atoms with Crippen molar-refractivity contribution in [1.29, 1.82) is 0 Å². The Morgan fingerprint density at radius 1 is 0.947 bits per heavy atom. The number of carbonyl (C=O) groups excluding carboxylic acids is 2. The summed E-state index contributed by atoms with van der Waals surface area (Å²) in [6.07, 6.45) is 1.97. The first-order chi connectivity index (χ1) is 17.8. The zero-order valence-electron chi connectivity index (χ0n) is 23.2. The summed E-state index contributed by atoms with van der Waals surface area (Å²) in [7, 11) is 0. The monoisotopic (exact) mass is 635 g/mol. The van der Waals surface area contributed by atoms with Crippen molar-refractivity contribution in [2.45, 2.75) is 79.6 Å². The normalized spacial score (nSPS) is 20.9. The number of hydrogen-bond acceptors (Lipinski definition) is 6. The fraction of sp³-hybridized carbons (Fsp3) is 0.567. The van der Waals surface area contributed by atoms with E-state index in [1.807, 2.05) is 30.9 Å². The molecule has 0 radical (unpaired) electrons. The predicted molar refractivity (Wildman–Crippen MR) is 153 cm³/mol. The molecule has 0 saturated carbocycles. The molecule has 0 bridgehead atoms. The van der Waals surface area contributed by atoms with Gasteiger partial charge in [-0.3, -0.25) is 14.4 Å². The molecule has 4 rings (SSSR count). The number of hydrogen-bond donors (Lipinski definition) is 1. The van der Waals surface area contributed by atoms with Crippen molar-refractivity contribution in [3.8, 4) is 11.5 Å². The lowest BCUT2D eigenvalue weighted by Gasteiger charge is -2.49. The minimum atomic E-state index is -0.901. The van der Waals surface area contributed by atoms with Crippen molar-refractivity contribution in [3.63, 3.8) is 0 Å². The quantitative estimate of drug-likeness (QED) is 0.338. The van der Waals surface area contributed by atoms with Crippen LogP contribution < -0.4 is 9.47 Å². The van der Waals surface area contributed by atoms with E-state index in [2.05, 4.69) is 50.3 Å². The van der Waals surface area contributed by atoms with Gasteiger partial charge in [-0.1, -0.05) is 27.7 Å². The van der Waals surface area contributed by atoms with Crippen LogP contribution in [0.4, 0.5) is 0 Å². The molecule has 1 aromatic rings. The van der Waals surface area contributed by atoms with Crippen molar-refractivity contribution in [2.75, 3.05) is 19.8 Å². The number of benzene rings is 1. The van der Waals surface area contributed by atoms with Gasteiger partial charge in [0.15, 0.2) is 23.1 Å². The number of ketones is 2. The Kier molecular flexibility index (Phi) is 8.04. The van der Waals surface area contributed by atoms with Crippen LogP contribution in [0.5, 0.6) is 11.5 Å². The molecule has 1 heterocycles. The lowest BCUT2D eigenvalue weighted by Crippen LogP contribution is -2.45. The smallest absolute Gasteiger partial charge is 0.305 e. The molecule has 0 saturated heterocycles. The molecule has 38 heavy (non-hydrogen) atoms. The molecule has 3 aliphatic rings. The molecule has 2 aliphatic carbocycles. The second kappa shape index (κ2) is 10.7. The van der Waals surface area contributed by atoms with Gasteiger partial charge in [-0.05, 0) is 77.8 Å².